The van der Waals surface area contributed by atoms with Crippen LogP contribution in [-0.4, -0.2) is 44.5 Å². The van der Waals surface area contributed by atoms with E-state index in [0.29, 0.717) is 5.69 Å². The standard InChI is InChI=1S/C24H23N5O6/c1-13(25-26-23(31)17-9-10-18(24(32)35-3)19(12-17)29(33)34)20-22(30)21(28(2)27-20)16-8-7-14-5-4-6-15(14)11-16/h7-12,30H,4-6H2,1-3H3,(H,26,31)/b25-13+. The van der Waals surface area contributed by atoms with E-state index in [0.717, 1.165) is 44.1 Å². The number of hydrogen-bond acceptors (Lipinski definition) is 8. The maximum atomic E-state index is 12.5. The zero-order valence-corrected chi connectivity index (χ0v) is 19.4. The summed E-state index contributed by atoms with van der Waals surface area (Å²) in [7, 11) is 2.81. The monoisotopic (exact) mass is 477 g/mol. The van der Waals surface area contributed by atoms with Gasteiger partial charge >= 0.3 is 5.97 Å². The summed E-state index contributed by atoms with van der Waals surface area (Å²) in [5.74, 6) is -1.69. The van der Waals surface area contributed by atoms with E-state index in [9.17, 15) is 24.8 Å². The first-order valence-electron chi connectivity index (χ1n) is 10.8. The Balaban J connectivity index is 1.58. The minimum absolute atomic E-state index is 0.0704. The number of nitrogens with one attached hydrogen (secondary N) is 1. The van der Waals surface area contributed by atoms with Crippen LogP contribution < -0.4 is 5.43 Å². The molecule has 0 radical (unpaired) electrons. The molecule has 0 saturated carbocycles. The number of ether oxygens (including phenoxy) is 1. The molecule has 11 heteroatoms. The molecule has 11 nitrogen and oxygen atoms in total. The Morgan fingerprint density at radius 1 is 1.20 bits per heavy atom. The molecular weight excluding hydrogens is 454 g/mol. The molecule has 0 fully saturated rings. The molecule has 3 aromatic rings. The molecular formula is C24H23N5O6. The topological polar surface area (TPSA) is 149 Å². The van der Waals surface area contributed by atoms with E-state index in [1.165, 1.54) is 17.2 Å². The summed E-state index contributed by atoms with van der Waals surface area (Å²) in [6.07, 6.45) is 3.17. The van der Waals surface area contributed by atoms with E-state index in [-0.39, 0.29) is 28.3 Å². The summed E-state index contributed by atoms with van der Waals surface area (Å²) in [5, 5.41) is 30.5. The van der Waals surface area contributed by atoms with E-state index >= 15 is 0 Å². The van der Waals surface area contributed by atoms with Crippen LogP contribution in [-0.2, 0) is 24.6 Å². The predicted octanol–water partition coefficient (Wildman–Crippen LogP) is 3.13. The molecule has 1 aromatic heterocycles. The molecule has 0 spiro atoms. The van der Waals surface area contributed by atoms with Crippen LogP contribution in [0.3, 0.4) is 0 Å². The Morgan fingerprint density at radius 3 is 2.66 bits per heavy atom. The molecule has 1 heterocycles. The van der Waals surface area contributed by atoms with Gasteiger partial charge in [-0.1, -0.05) is 12.1 Å². The van der Waals surface area contributed by atoms with E-state index in [1.807, 2.05) is 6.07 Å². The number of carbonyl (C=O) groups excluding carboxylic acids is 2. The first-order valence-corrected chi connectivity index (χ1v) is 10.8. The normalized spacial score (nSPS) is 12.8. The molecule has 0 bridgehead atoms. The summed E-state index contributed by atoms with van der Waals surface area (Å²) in [4.78, 5) is 34.8. The number of amides is 1. The number of aromatic hydroxyl groups is 1. The highest BCUT2D eigenvalue weighted by Crippen LogP contribution is 2.35. The van der Waals surface area contributed by atoms with Crippen LogP contribution >= 0.6 is 0 Å². The minimum atomic E-state index is -0.887. The van der Waals surface area contributed by atoms with Gasteiger partial charge in [0, 0.05) is 24.2 Å². The van der Waals surface area contributed by atoms with Gasteiger partial charge in [-0.15, -0.1) is 0 Å². The number of nitro benzene ring substituents is 1. The van der Waals surface area contributed by atoms with Gasteiger partial charge < -0.3 is 9.84 Å². The second-order valence-electron chi connectivity index (χ2n) is 8.13. The SMILES string of the molecule is COC(=O)c1ccc(C(=O)N/N=C(\C)c2nn(C)c(-c3ccc4c(c3)CCC4)c2O)cc1[N+](=O)[O-]. The lowest BCUT2D eigenvalue weighted by Crippen LogP contribution is -2.20. The minimum Gasteiger partial charge on any atom is -0.504 e. The van der Waals surface area contributed by atoms with Gasteiger partial charge in [-0.25, -0.2) is 10.2 Å². The third kappa shape index (κ3) is 4.47. The quantitative estimate of drug-likeness (QED) is 0.240. The van der Waals surface area contributed by atoms with Crippen LogP contribution in [0.25, 0.3) is 11.3 Å². The number of fused-ring (bicyclic) bond motifs is 1. The van der Waals surface area contributed by atoms with Gasteiger partial charge in [0.15, 0.2) is 11.4 Å². The number of rotatable bonds is 6. The van der Waals surface area contributed by atoms with Gasteiger partial charge in [0.1, 0.15) is 11.3 Å². The molecule has 1 aliphatic rings. The van der Waals surface area contributed by atoms with Crippen molar-refractivity contribution in [2.45, 2.75) is 26.2 Å². The van der Waals surface area contributed by atoms with Crippen molar-refractivity contribution < 1.29 is 24.4 Å². The maximum absolute atomic E-state index is 12.5. The number of nitrogens with zero attached hydrogens (tertiary/aromatic N) is 4. The second kappa shape index (κ2) is 9.37. The lowest BCUT2D eigenvalue weighted by molar-refractivity contribution is -0.385. The van der Waals surface area contributed by atoms with Crippen LogP contribution in [0, 0.1) is 10.1 Å². The third-order valence-electron chi connectivity index (χ3n) is 5.92. The highest BCUT2D eigenvalue weighted by Gasteiger charge is 2.24. The third-order valence-corrected chi connectivity index (χ3v) is 5.92. The van der Waals surface area contributed by atoms with Gasteiger partial charge in [-0.05, 0) is 55.5 Å². The summed E-state index contributed by atoms with van der Waals surface area (Å²) in [6.45, 7) is 1.57. The fraction of sp³-hybridized carbons (Fsp3) is 0.250. The van der Waals surface area contributed by atoms with Gasteiger partial charge in [-0.2, -0.15) is 10.2 Å². The van der Waals surface area contributed by atoms with Gasteiger partial charge in [0.2, 0.25) is 0 Å². The summed E-state index contributed by atoms with van der Waals surface area (Å²) in [5.41, 5.74) is 5.76. The molecule has 0 atom stereocenters. The van der Waals surface area contributed by atoms with Crippen molar-refractivity contribution in [2.75, 3.05) is 7.11 Å². The summed E-state index contributed by atoms with van der Waals surface area (Å²) < 4.78 is 6.09. The zero-order valence-electron chi connectivity index (χ0n) is 19.4. The lowest BCUT2D eigenvalue weighted by atomic mass is 10.0. The summed E-state index contributed by atoms with van der Waals surface area (Å²) >= 11 is 0. The smallest absolute Gasteiger partial charge is 0.344 e. The van der Waals surface area contributed by atoms with E-state index < -0.39 is 22.5 Å². The summed E-state index contributed by atoms with van der Waals surface area (Å²) in [6, 6.07) is 9.44. The first-order chi connectivity index (χ1) is 16.7. The number of methoxy groups -OCH3 is 1. The molecule has 1 aliphatic carbocycles. The van der Waals surface area contributed by atoms with Crippen LogP contribution in [0.1, 0.15) is 50.9 Å². The number of carbonyl (C=O) groups is 2. The second-order valence-corrected chi connectivity index (χ2v) is 8.13. The van der Waals surface area contributed by atoms with Crippen molar-refractivity contribution in [3.8, 4) is 17.0 Å². The van der Waals surface area contributed by atoms with Crippen molar-refractivity contribution in [3.05, 3.63) is 74.5 Å². The van der Waals surface area contributed by atoms with Crippen molar-refractivity contribution in [1.29, 1.82) is 0 Å². The zero-order chi connectivity index (χ0) is 25.3. The fourth-order valence-electron chi connectivity index (χ4n) is 4.16. The number of hydrazone groups is 1. The van der Waals surface area contributed by atoms with Crippen molar-refractivity contribution >= 4 is 23.3 Å². The molecule has 35 heavy (non-hydrogen) atoms. The van der Waals surface area contributed by atoms with Gasteiger partial charge in [0.25, 0.3) is 11.6 Å². The number of benzene rings is 2. The molecule has 4 rings (SSSR count). The van der Waals surface area contributed by atoms with Crippen LogP contribution in [0.15, 0.2) is 41.5 Å². The van der Waals surface area contributed by atoms with Crippen molar-refractivity contribution in [2.24, 2.45) is 12.1 Å². The largest absolute Gasteiger partial charge is 0.504 e. The molecule has 0 saturated heterocycles. The Morgan fingerprint density at radius 2 is 1.94 bits per heavy atom. The van der Waals surface area contributed by atoms with Crippen LogP contribution in [0.5, 0.6) is 5.75 Å². The highest BCUT2D eigenvalue weighted by molar-refractivity contribution is 6.03. The molecule has 0 unspecified atom stereocenters. The number of aromatic nitrogens is 2. The average molecular weight is 477 g/mol. The van der Waals surface area contributed by atoms with Crippen LogP contribution in [0.4, 0.5) is 5.69 Å². The number of aryl methyl sites for hydroxylation is 3. The maximum Gasteiger partial charge on any atom is 0.344 e. The fourth-order valence-corrected chi connectivity index (χ4v) is 4.16. The van der Waals surface area contributed by atoms with E-state index in [4.69, 9.17) is 0 Å². The Hall–Kier alpha value is -4.54. The molecule has 0 aliphatic heterocycles. The lowest BCUT2D eigenvalue weighted by Gasteiger charge is -2.06. The number of hydrogen-bond donors (Lipinski definition) is 2. The van der Waals surface area contributed by atoms with Crippen LogP contribution in [0.2, 0.25) is 0 Å². The number of esters is 1. The number of nitro groups is 1. The first kappa shape index (κ1) is 23.6. The van der Waals surface area contributed by atoms with Gasteiger partial charge in [-0.3, -0.25) is 19.6 Å². The van der Waals surface area contributed by atoms with E-state index in [2.05, 4.69) is 32.5 Å². The average Bonchev–Trinajstić information content (AvgIpc) is 3.44. The highest BCUT2D eigenvalue weighted by atomic mass is 16.6. The van der Waals surface area contributed by atoms with E-state index in [1.54, 1.807) is 18.7 Å². The Bertz CT molecular complexity index is 1390. The van der Waals surface area contributed by atoms with Crippen molar-refractivity contribution in [3.63, 3.8) is 0 Å². The predicted molar refractivity (Wildman–Crippen MR) is 126 cm³/mol. The molecule has 2 aromatic carbocycles. The van der Waals surface area contributed by atoms with Gasteiger partial charge in [0.05, 0.1) is 17.7 Å². The Kier molecular flexibility index (Phi) is 6.32. The molecule has 2 N–H and O–H groups in total. The Labute approximate surface area is 200 Å². The van der Waals surface area contributed by atoms with Crippen molar-refractivity contribution in [1.82, 2.24) is 15.2 Å². The molecule has 1 amide bonds. The molecule has 180 valence electrons.